The van der Waals surface area contributed by atoms with Crippen LogP contribution < -0.4 is 0 Å². The molecule has 0 amide bonds. The molecule has 0 spiro atoms. The number of aromatic nitrogens is 2. The second-order valence-electron chi connectivity index (χ2n) is 8.80. The topological polar surface area (TPSA) is 125 Å². The SMILES string of the molecule is CC(Cl)CCCC1OC(=O)c2csc(n2)C(O)COC(=O)c2csc(n2)C(C(C)C)OC(=O)C1C. The number of fused-ring (bicyclic) bond motifs is 4. The minimum absolute atomic E-state index is 0.000232. The zero-order valence-corrected chi connectivity index (χ0v) is 22.3. The molecule has 192 valence electrons. The summed E-state index contributed by atoms with van der Waals surface area (Å²) in [6.45, 7) is 6.92. The van der Waals surface area contributed by atoms with Crippen molar-refractivity contribution in [1.82, 2.24) is 9.97 Å². The Morgan fingerprint density at radius 1 is 1.06 bits per heavy atom. The molecule has 9 nitrogen and oxygen atoms in total. The Kier molecular flexibility index (Phi) is 9.62. The number of halogens is 1. The predicted octanol–water partition coefficient (Wildman–Crippen LogP) is 4.70. The summed E-state index contributed by atoms with van der Waals surface area (Å²) in [4.78, 5) is 46.9. The van der Waals surface area contributed by atoms with Gasteiger partial charge in [0.05, 0.1) is 5.92 Å². The van der Waals surface area contributed by atoms with Gasteiger partial charge in [0.1, 0.15) is 28.8 Å². The third-order valence-corrected chi connectivity index (χ3v) is 7.56. The van der Waals surface area contributed by atoms with Gasteiger partial charge in [0.15, 0.2) is 17.5 Å². The number of rotatable bonds is 5. The maximum Gasteiger partial charge on any atom is 0.358 e. The van der Waals surface area contributed by atoms with Crippen LogP contribution in [-0.2, 0) is 19.0 Å². The number of aliphatic hydroxyl groups excluding tert-OH is 1. The van der Waals surface area contributed by atoms with Crippen LogP contribution in [0, 0.1) is 11.8 Å². The molecule has 1 aliphatic rings. The summed E-state index contributed by atoms with van der Waals surface area (Å²) in [5.41, 5.74) is 0.0578. The first-order valence-corrected chi connectivity index (χ1v) is 13.6. The highest BCUT2D eigenvalue weighted by atomic mass is 35.5. The Morgan fingerprint density at radius 2 is 1.69 bits per heavy atom. The van der Waals surface area contributed by atoms with E-state index < -0.39 is 42.1 Å². The van der Waals surface area contributed by atoms with Gasteiger partial charge >= 0.3 is 17.9 Å². The van der Waals surface area contributed by atoms with Crippen molar-refractivity contribution in [3.63, 3.8) is 0 Å². The second kappa shape index (κ2) is 12.2. The molecule has 0 saturated carbocycles. The third kappa shape index (κ3) is 7.22. The maximum atomic E-state index is 13.1. The fourth-order valence-electron chi connectivity index (χ4n) is 3.41. The molecule has 5 unspecified atom stereocenters. The van der Waals surface area contributed by atoms with Crippen molar-refractivity contribution in [3.05, 3.63) is 32.2 Å². The lowest BCUT2D eigenvalue weighted by Crippen LogP contribution is -2.33. The van der Waals surface area contributed by atoms with E-state index in [9.17, 15) is 19.5 Å². The molecule has 0 aliphatic carbocycles. The Balaban J connectivity index is 1.93. The Labute approximate surface area is 216 Å². The highest BCUT2D eigenvalue weighted by Gasteiger charge is 2.34. The van der Waals surface area contributed by atoms with Gasteiger partial charge in [-0.2, -0.15) is 0 Å². The number of hydrogen-bond donors (Lipinski definition) is 1. The molecule has 35 heavy (non-hydrogen) atoms. The molecule has 3 rings (SSSR count). The van der Waals surface area contributed by atoms with E-state index in [2.05, 4.69) is 9.97 Å². The van der Waals surface area contributed by atoms with Crippen molar-refractivity contribution in [2.45, 2.75) is 70.6 Å². The van der Waals surface area contributed by atoms with Crippen LogP contribution in [0.1, 0.15) is 90.2 Å². The van der Waals surface area contributed by atoms with Gasteiger partial charge in [0, 0.05) is 16.1 Å². The van der Waals surface area contributed by atoms with E-state index in [0.717, 1.165) is 11.3 Å². The largest absolute Gasteiger partial charge is 0.458 e. The van der Waals surface area contributed by atoms with Crippen molar-refractivity contribution < 1.29 is 33.7 Å². The molecule has 1 aliphatic heterocycles. The van der Waals surface area contributed by atoms with E-state index in [-0.39, 0.29) is 34.3 Å². The molecule has 3 heterocycles. The van der Waals surface area contributed by atoms with Crippen molar-refractivity contribution in [2.24, 2.45) is 11.8 Å². The van der Waals surface area contributed by atoms with Gasteiger partial charge in [-0.15, -0.1) is 34.3 Å². The first kappa shape index (κ1) is 27.5. The third-order valence-electron chi connectivity index (χ3n) is 5.49. The van der Waals surface area contributed by atoms with Gasteiger partial charge in [-0.25, -0.2) is 19.6 Å². The lowest BCUT2D eigenvalue weighted by Gasteiger charge is -2.26. The second-order valence-corrected chi connectivity index (χ2v) is 11.3. The molecule has 0 fully saturated rings. The number of carbonyl (C=O) groups is 3. The predicted molar refractivity (Wildman–Crippen MR) is 131 cm³/mol. The summed E-state index contributed by atoms with van der Waals surface area (Å²) in [6, 6.07) is 0. The molecule has 0 saturated heterocycles. The van der Waals surface area contributed by atoms with Crippen molar-refractivity contribution in [2.75, 3.05) is 6.61 Å². The van der Waals surface area contributed by atoms with Gasteiger partial charge < -0.3 is 19.3 Å². The number of hydrogen-bond acceptors (Lipinski definition) is 11. The van der Waals surface area contributed by atoms with E-state index in [0.29, 0.717) is 24.3 Å². The molecule has 2 aromatic rings. The summed E-state index contributed by atoms with van der Waals surface area (Å²) in [7, 11) is 0. The molecule has 0 aromatic carbocycles. The summed E-state index contributed by atoms with van der Waals surface area (Å²) < 4.78 is 16.7. The monoisotopic (exact) mass is 544 g/mol. The highest BCUT2D eigenvalue weighted by Crippen LogP contribution is 2.31. The summed E-state index contributed by atoms with van der Waals surface area (Å²) >= 11 is 8.29. The average molecular weight is 545 g/mol. The molecule has 12 heteroatoms. The fraction of sp³-hybridized carbons (Fsp3) is 0.609. The molecular formula is C23H29ClN2O7S2. The smallest absolute Gasteiger partial charge is 0.358 e. The molecule has 4 bridgehead atoms. The number of ether oxygens (including phenoxy) is 3. The number of nitrogens with zero attached hydrogens (tertiary/aromatic N) is 2. The molecule has 2 aromatic heterocycles. The quantitative estimate of drug-likeness (QED) is 0.324. The van der Waals surface area contributed by atoms with Crippen molar-refractivity contribution >= 4 is 52.2 Å². The average Bonchev–Trinajstić information content (AvgIpc) is 3.49. The van der Waals surface area contributed by atoms with Crippen LogP contribution >= 0.6 is 34.3 Å². The Hall–Kier alpha value is -2.08. The minimum atomic E-state index is -1.22. The Morgan fingerprint density at radius 3 is 2.34 bits per heavy atom. The number of aliphatic hydroxyl groups is 1. The first-order chi connectivity index (χ1) is 16.6. The van der Waals surface area contributed by atoms with E-state index in [1.165, 1.54) is 22.1 Å². The van der Waals surface area contributed by atoms with Crippen LogP contribution in [0.15, 0.2) is 10.8 Å². The van der Waals surface area contributed by atoms with Gasteiger partial charge in [-0.1, -0.05) is 13.8 Å². The molecular weight excluding hydrogens is 516 g/mol. The maximum absolute atomic E-state index is 13.1. The Bertz CT molecular complexity index is 1040. The number of esters is 3. The van der Waals surface area contributed by atoms with Crippen LogP contribution in [-0.4, -0.2) is 51.1 Å². The number of alkyl halides is 1. The van der Waals surface area contributed by atoms with Crippen LogP contribution in [0.3, 0.4) is 0 Å². The highest BCUT2D eigenvalue weighted by molar-refractivity contribution is 7.10. The lowest BCUT2D eigenvalue weighted by atomic mass is 9.98. The van der Waals surface area contributed by atoms with Gasteiger partial charge in [0.25, 0.3) is 0 Å². The molecule has 0 radical (unpaired) electrons. The standard InChI is InChI=1S/C23H29ClN2O7S2/c1-11(2)18-20-26-14(9-35-20)22(29)31-8-16(27)19-25-15(10-34-19)23(30)32-17(7-5-6-12(3)24)13(4)21(28)33-18/h9-13,16-18,27H,5-8H2,1-4H3. The molecule has 1 N–H and O–H groups in total. The number of thiazole rings is 2. The number of cyclic esters (lactones) is 3. The van der Waals surface area contributed by atoms with E-state index in [1.54, 1.807) is 6.92 Å². The summed E-state index contributed by atoms with van der Waals surface area (Å²) in [5, 5.41) is 14.0. The van der Waals surface area contributed by atoms with E-state index >= 15 is 0 Å². The minimum Gasteiger partial charge on any atom is -0.458 e. The molecule has 5 atom stereocenters. The summed E-state index contributed by atoms with van der Waals surface area (Å²) in [6.07, 6.45) is -0.931. The normalized spacial score (nSPS) is 24.9. The van der Waals surface area contributed by atoms with E-state index in [1.807, 2.05) is 20.8 Å². The van der Waals surface area contributed by atoms with Gasteiger partial charge in [0.2, 0.25) is 0 Å². The van der Waals surface area contributed by atoms with Crippen LogP contribution in [0.25, 0.3) is 0 Å². The lowest BCUT2D eigenvalue weighted by molar-refractivity contribution is -0.160. The van der Waals surface area contributed by atoms with Crippen LogP contribution in [0.5, 0.6) is 0 Å². The number of carbonyl (C=O) groups excluding carboxylic acids is 3. The zero-order valence-electron chi connectivity index (χ0n) is 19.9. The van der Waals surface area contributed by atoms with Crippen molar-refractivity contribution in [1.29, 1.82) is 0 Å². The fourth-order valence-corrected chi connectivity index (χ4v) is 5.31. The summed E-state index contributed by atoms with van der Waals surface area (Å²) in [5.74, 6) is -2.87. The first-order valence-electron chi connectivity index (χ1n) is 11.4. The van der Waals surface area contributed by atoms with Crippen LogP contribution in [0.2, 0.25) is 0 Å². The van der Waals surface area contributed by atoms with Crippen molar-refractivity contribution in [3.8, 4) is 0 Å². The van der Waals surface area contributed by atoms with Crippen LogP contribution in [0.4, 0.5) is 0 Å². The van der Waals surface area contributed by atoms with Gasteiger partial charge in [-0.3, -0.25) is 4.79 Å². The van der Waals surface area contributed by atoms with E-state index in [4.69, 9.17) is 25.8 Å². The zero-order chi connectivity index (χ0) is 25.7. The van der Waals surface area contributed by atoms with Gasteiger partial charge in [-0.05, 0) is 39.0 Å².